The molecule has 0 saturated heterocycles. The second kappa shape index (κ2) is 2.27. The minimum atomic E-state index is -0.319. The average Bonchev–Trinajstić information content (AvgIpc) is 2.27. The molecule has 0 radical (unpaired) electrons. The summed E-state index contributed by atoms with van der Waals surface area (Å²) in [4.78, 5) is 18.4. The van der Waals surface area contributed by atoms with Crippen LogP contribution in [-0.4, -0.2) is 24.1 Å². The van der Waals surface area contributed by atoms with Crippen LogP contribution < -0.4 is 5.32 Å². The van der Waals surface area contributed by atoms with Crippen molar-refractivity contribution in [1.82, 2.24) is 5.32 Å². The average molecular weight is 214 g/mol. The summed E-state index contributed by atoms with van der Waals surface area (Å²) in [5.41, 5.74) is 0.671. The molecule has 0 aromatic heterocycles. The summed E-state index contributed by atoms with van der Waals surface area (Å²) in [6.07, 6.45) is 3.16. The van der Waals surface area contributed by atoms with E-state index in [0.29, 0.717) is 5.71 Å². The van der Waals surface area contributed by atoms with Crippen molar-refractivity contribution in [1.29, 1.82) is 0 Å². The highest BCUT2D eigenvalue weighted by Gasteiger charge is 2.24. The van der Waals surface area contributed by atoms with Crippen LogP contribution in [0.5, 0.6) is 0 Å². The number of urea groups is 1. The van der Waals surface area contributed by atoms with Gasteiger partial charge in [-0.25, -0.2) is 4.79 Å². The zero-order chi connectivity index (χ0) is 7.84. The molecule has 11 heavy (non-hydrogen) atoms. The van der Waals surface area contributed by atoms with Crippen molar-refractivity contribution in [3.63, 3.8) is 0 Å². The zero-order valence-corrected chi connectivity index (χ0v) is 7.00. The maximum absolute atomic E-state index is 10.7. The van der Waals surface area contributed by atoms with E-state index in [0.717, 1.165) is 4.48 Å². The van der Waals surface area contributed by atoms with Crippen LogP contribution in [-0.2, 0) is 0 Å². The second-order valence-corrected chi connectivity index (χ2v) is 3.11. The smallest absolute Gasteiger partial charge is 0.309 e. The normalized spacial score (nSPS) is 27.4. The Hall–Kier alpha value is -0.970. The number of halogens is 1. The summed E-state index contributed by atoms with van der Waals surface area (Å²) in [7, 11) is 0. The number of hydrogen-bond donors (Lipinski definition) is 1. The highest BCUT2D eigenvalue weighted by Crippen LogP contribution is 2.13. The first-order valence-electron chi connectivity index (χ1n) is 3.05. The fourth-order valence-corrected chi connectivity index (χ4v) is 1.30. The van der Waals surface area contributed by atoms with Crippen molar-refractivity contribution in [3.05, 3.63) is 10.6 Å². The van der Waals surface area contributed by atoms with Gasteiger partial charge in [0.15, 0.2) is 6.17 Å². The predicted molar refractivity (Wildman–Crippen MR) is 45.3 cm³/mol. The van der Waals surface area contributed by atoms with E-state index in [1.165, 1.54) is 0 Å². The highest BCUT2D eigenvalue weighted by molar-refractivity contribution is 9.12. The van der Waals surface area contributed by atoms with Crippen molar-refractivity contribution in [2.45, 2.75) is 6.17 Å². The number of nitrogens with one attached hydrogen (secondary N) is 1. The van der Waals surface area contributed by atoms with E-state index in [4.69, 9.17) is 0 Å². The first-order chi connectivity index (χ1) is 5.25. The molecule has 4 nitrogen and oxygen atoms in total. The van der Waals surface area contributed by atoms with E-state index >= 15 is 0 Å². The topological polar surface area (TPSA) is 53.8 Å². The van der Waals surface area contributed by atoms with Gasteiger partial charge in [0.05, 0.1) is 5.71 Å². The molecule has 0 fully saturated rings. The van der Waals surface area contributed by atoms with Crippen molar-refractivity contribution >= 4 is 33.9 Å². The maximum atomic E-state index is 10.7. The van der Waals surface area contributed by atoms with Gasteiger partial charge in [0, 0.05) is 10.7 Å². The second-order valence-electron chi connectivity index (χ2n) is 2.20. The lowest BCUT2D eigenvalue weighted by molar-refractivity contribution is 0.250. The molecule has 2 aliphatic rings. The van der Waals surface area contributed by atoms with Crippen molar-refractivity contribution in [2.75, 3.05) is 0 Å². The first kappa shape index (κ1) is 6.72. The van der Waals surface area contributed by atoms with Crippen LogP contribution >= 0.6 is 15.9 Å². The van der Waals surface area contributed by atoms with Crippen LogP contribution in [0, 0.1) is 0 Å². The zero-order valence-electron chi connectivity index (χ0n) is 5.41. The molecule has 0 bridgehead atoms. The lowest BCUT2D eigenvalue weighted by Gasteiger charge is -2.08. The molecule has 0 aromatic carbocycles. The monoisotopic (exact) mass is 213 g/mol. The van der Waals surface area contributed by atoms with Gasteiger partial charge in [-0.05, 0) is 22.0 Å². The van der Waals surface area contributed by atoms with E-state index in [1.54, 1.807) is 12.3 Å². The molecule has 2 heterocycles. The third-order valence-corrected chi connectivity index (χ3v) is 1.84. The van der Waals surface area contributed by atoms with Gasteiger partial charge in [0.1, 0.15) is 0 Å². The van der Waals surface area contributed by atoms with Gasteiger partial charge < -0.3 is 5.32 Å². The van der Waals surface area contributed by atoms with E-state index < -0.39 is 0 Å². The molecule has 2 amide bonds. The van der Waals surface area contributed by atoms with Crippen LogP contribution in [0.1, 0.15) is 0 Å². The Kier molecular flexibility index (Phi) is 1.38. The summed E-state index contributed by atoms with van der Waals surface area (Å²) in [6.45, 7) is 0. The molecule has 2 aliphatic heterocycles. The van der Waals surface area contributed by atoms with Gasteiger partial charge in [-0.3, -0.25) is 4.99 Å². The Morgan fingerprint density at radius 3 is 3.27 bits per heavy atom. The molecular formula is C6H4BrN3O. The molecule has 0 saturated carbocycles. The summed E-state index contributed by atoms with van der Waals surface area (Å²) in [5.74, 6) is 0. The fraction of sp³-hybridized carbons (Fsp3) is 0.167. The SMILES string of the molecule is O=C1N=C2C=C(Br)C=NC2N1. The van der Waals surface area contributed by atoms with Crippen LogP contribution in [0.2, 0.25) is 0 Å². The van der Waals surface area contributed by atoms with Gasteiger partial charge in [-0.1, -0.05) is 0 Å². The lowest BCUT2D eigenvalue weighted by Crippen LogP contribution is -2.30. The van der Waals surface area contributed by atoms with Crippen molar-refractivity contribution in [2.24, 2.45) is 9.98 Å². The molecule has 0 aliphatic carbocycles. The number of rotatable bonds is 0. The number of dihydropyridines is 1. The van der Waals surface area contributed by atoms with Crippen LogP contribution in [0.15, 0.2) is 20.5 Å². The largest absolute Gasteiger partial charge is 0.343 e. The summed E-state index contributed by atoms with van der Waals surface area (Å²) < 4.78 is 0.837. The van der Waals surface area contributed by atoms with Crippen molar-refractivity contribution in [3.8, 4) is 0 Å². The predicted octanol–water partition coefficient (Wildman–Crippen LogP) is 0.840. The number of fused-ring (bicyclic) bond motifs is 1. The van der Waals surface area contributed by atoms with Gasteiger partial charge in [0.25, 0.3) is 0 Å². The van der Waals surface area contributed by atoms with E-state index in [1.807, 2.05) is 0 Å². The number of allylic oxidation sites excluding steroid dienone is 1. The standard InChI is InChI=1S/C6H4BrN3O/c7-3-1-4-5(8-2-3)10-6(11)9-4/h1-2,5H,(H,10,11). The first-order valence-corrected chi connectivity index (χ1v) is 3.84. The lowest BCUT2D eigenvalue weighted by atomic mass is 10.2. The number of carbonyl (C=O) groups excluding carboxylic acids is 1. The Bertz CT molecular complexity index is 302. The maximum Gasteiger partial charge on any atom is 0.343 e. The van der Waals surface area contributed by atoms with E-state index in [-0.39, 0.29) is 12.2 Å². The van der Waals surface area contributed by atoms with Gasteiger partial charge in [-0.2, -0.15) is 4.99 Å². The summed E-state index contributed by atoms with van der Waals surface area (Å²) in [6, 6.07) is -0.319. The quantitative estimate of drug-likeness (QED) is 0.638. The number of carbonyl (C=O) groups is 1. The Morgan fingerprint density at radius 1 is 1.64 bits per heavy atom. The fourth-order valence-electron chi connectivity index (χ4n) is 0.951. The van der Waals surface area contributed by atoms with Gasteiger partial charge in [0.2, 0.25) is 0 Å². The molecule has 56 valence electrons. The Balaban J connectivity index is 2.38. The minimum absolute atomic E-state index is 0.260. The minimum Gasteiger partial charge on any atom is -0.309 e. The van der Waals surface area contributed by atoms with E-state index in [9.17, 15) is 4.79 Å². The highest BCUT2D eigenvalue weighted by atomic mass is 79.9. The number of amides is 2. The Morgan fingerprint density at radius 2 is 2.45 bits per heavy atom. The van der Waals surface area contributed by atoms with E-state index in [2.05, 4.69) is 31.2 Å². The number of hydrogen-bond acceptors (Lipinski definition) is 2. The summed E-state index contributed by atoms with van der Waals surface area (Å²) in [5, 5.41) is 2.57. The number of aliphatic imine (C=N–C) groups is 2. The summed E-state index contributed by atoms with van der Waals surface area (Å²) >= 11 is 3.24. The molecule has 0 aromatic rings. The molecule has 1 atom stereocenters. The molecule has 0 spiro atoms. The Labute approximate surface area is 71.2 Å². The molecule has 5 heteroatoms. The van der Waals surface area contributed by atoms with Crippen LogP contribution in [0.4, 0.5) is 4.79 Å². The van der Waals surface area contributed by atoms with Crippen LogP contribution in [0.25, 0.3) is 0 Å². The van der Waals surface area contributed by atoms with Crippen molar-refractivity contribution < 1.29 is 4.79 Å². The number of nitrogens with zero attached hydrogens (tertiary/aromatic N) is 2. The molecule has 1 unspecified atom stereocenters. The third-order valence-electron chi connectivity index (χ3n) is 1.40. The third kappa shape index (κ3) is 1.11. The molecule has 1 N–H and O–H groups in total. The van der Waals surface area contributed by atoms with Gasteiger partial charge >= 0.3 is 6.03 Å². The molecular weight excluding hydrogens is 210 g/mol. The van der Waals surface area contributed by atoms with Gasteiger partial charge in [-0.15, -0.1) is 0 Å². The molecule has 2 rings (SSSR count). The van der Waals surface area contributed by atoms with Crippen LogP contribution in [0.3, 0.4) is 0 Å².